The van der Waals surface area contributed by atoms with Gasteiger partial charge in [0, 0.05) is 36.3 Å². The van der Waals surface area contributed by atoms with Gasteiger partial charge in [-0.2, -0.15) is 0 Å². The summed E-state index contributed by atoms with van der Waals surface area (Å²) < 4.78 is 0. The molecule has 28 heavy (non-hydrogen) atoms. The lowest BCUT2D eigenvalue weighted by atomic mass is 10.1. The fraction of sp³-hybridized carbons (Fsp3) is 0.0769. The van der Waals surface area contributed by atoms with Gasteiger partial charge in [0.2, 0.25) is 0 Å². The zero-order valence-corrected chi connectivity index (χ0v) is 16.0. The summed E-state index contributed by atoms with van der Waals surface area (Å²) in [6.45, 7) is 0. The van der Waals surface area contributed by atoms with Gasteiger partial charge >= 0.3 is 0 Å². The Kier molecular flexibility index (Phi) is 6.56. The summed E-state index contributed by atoms with van der Waals surface area (Å²) in [5.74, 6) is 12.6. The van der Waals surface area contributed by atoms with Gasteiger partial charge in [0.15, 0.2) is 0 Å². The van der Waals surface area contributed by atoms with Crippen LogP contribution in [0, 0.1) is 23.7 Å². The highest BCUT2D eigenvalue weighted by Gasteiger charge is 1.98. The smallest absolute Gasteiger partial charge is 0.114 e. The van der Waals surface area contributed by atoms with Gasteiger partial charge in [0.25, 0.3) is 0 Å². The number of aliphatic imine (C=N–C) groups is 2. The Hall–Kier alpha value is -3.88. The Morgan fingerprint density at radius 3 is 1.21 bits per heavy atom. The maximum atomic E-state index is 4.29. The molecule has 0 fully saturated rings. The highest BCUT2D eigenvalue weighted by atomic mass is 14.7. The van der Waals surface area contributed by atoms with Crippen LogP contribution in [0.15, 0.2) is 94.9 Å². The van der Waals surface area contributed by atoms with Crippen LogP contribution < -0.4 is 0 Å². The van der Waals surface area contributed by atoms with E-state index in [0.717, 1.165) is 33.7 Å². The summed E-state index contributed by atoms with van der Waals surface area (Å²) in [7, 11) is 3.52. The average molecular weight is 360 g/mol. The largest absolute Gasteiger partial charge is 0.279 e. The van der Waals surface area contributed by atoms with Crippen LogP contribution in [0.4, 0.5) is 0 Å². The zero-order chi connectivity index (χ0) is 19.6. The van der Waals surface area contributed by atoms with E-state index in [-0.39, 0.29) is 0 Å². The Bertz CT molecular complexity index is 1010. The first kappa shape index (κ1) is 18.9. The Morgan fingerprint density at radius 1 is 0.536 bits per heavy atom. The van der Waals surface area contributed by atoms with Crippen LogP contribution in [0.3, 0.4) is 0 Å². The normalized spacial score (nSPS) is 11.1. The summed E-state index contributed by atoms with van der Waals surface area (Å²) >= 11 is 0. The summed E-state index contributed by atoms with van der Waals surface area (Å²) in [5.41, 5.74) is 5.44. The quantitative estimate of drug-likeness (QED) is 0.470. The first-order valence-corrected chi connectivity index (χ1v) is 8.98. The lowest BCUT2D eigenvalue weighted by Gasteiger charge is -1.98. The van der Waals surface area contributed by atoms with Crippen molar-refractivity contribution in [1.29, 1.82) is 0 Å². The van der Waals surface area contributed by atoms with E-state index < -0.39 is 0 Å². The van der Waals surface area contributed by atoms with E-state index in [1.807, 2.05) is 84.9 Å². The van der Waals surface area contributed by atoms with Crippen LogP contribution in [0.1, 0.15) is 22.3 Å². The van der Waals surface area contributed by atoms with Gasteiger partial charge in [-0.3, -0.25) is 9.98 Å². The first-order valence-electron chi connectivity index (χ1n) is 8.98. The minimum absolute atomic E-state index is 0.774. The molecular weight excluding hydrogens is 340 g/mol. The number of hydrogen-bond acceptors (Lipinski definition) is 2. The van der Waals surface area contributed by atoms with Crippen LogP contribution in [0.25, 0.3) is 0 Å². The van der Waals surface area contributed by atoms with Gasteiger partial charge in [0.1, 0.15) is 11.4 Å². The molecule has 0 atom stereocenters. The monoisotopic (exact) mass is 360 g/mol. The standard InChI is InChI=1S/C26H20N2/c1-27-25(23-9-5-3-6-10-23)19-17-21-13-15-22(16-14-21)18-20-26(28-2)24-11-7-4-8-12-24/h3-16H,1-2H3. The van der Waals surface area contributed by atoms with Gasteiger partial charge in [-0.05, 0) is 36.1 Å². The topological polar surface area (TPSA) is 24.7 Å². The molecule has 0 aromatic heterocycles. The first-order chi connectivity index (χ1) is 13.8. The lowest BCUT2D eigenvalue weighted by molar-refractivity contribution is 1.44. The molecule has 0 radical (unpaired) electrons. The molecule has 0 aliphatic heterocycles. The van der Waals surface area contributed by atoms with E-state index in [9.17, 15) is 0 Å². The molecule has 0 N–H and O–H groups in total. The van der Waals surface area contributed by atoms with Crippen molar-refractivity contribution in [3.05, 3.63) is 107 Å². The number of rotatable bonds is 2. The number of benzene rings is 3. The molecule has 0 aliphatic rings. The molecule has 0 unspecified atom stereocenters. The van der Waals surface area contributed by atoms with Crippen molar-refractivity contribution in [2.45, 2.75) is 0 Å². The molecular formula is C26H20N2. The maximum Gasteiger partial charge on any atom is 0.114 e. The van der Waals surface area contributed by atoms with Crippen LogP contribution in [0.2, 0.25) is 0 Å². The second-order valence-electron chi connectivity index (χ2n) is 5.95. The third kappa shape index (κ3) is 5.07. The zero-order valence-electron chi connectivity index (χ0n) is 16.0. The van der Waals surface area contributed by atoms with Gasteiger partial charge in [0.05, 0.1) is 0 Å². The molecule has 0 saturated carbocycles. The molecule has 2 nitrogen and oxygen atoms in total. The molecule has 0 heterocycles. The van der Waals surface area contributed by atoms with Crippen molar-refractivity contribution in [3.63, 3.8) is 0 Å². The third-order valence-electron chi connectivity index (χ3n) is 4.08. The van der Waals surface area contributed by atoms with Crippen LogP contribution in [-0.2, 0) is 0 Å². The summed E-state index contributed by atoms with van der Waals surface area (Å²) in [4.78, 5) is 8.57. The van der Waals surface area contributed by atoms with Crippen LogP contribution >= 0.6 is 0 Å². The van der Waals surface area contributed by atoms with E-state index >= 15 is 0 Å². The van der Waals surface area contributed by atoms with E-state index in [1.54, 1.807) is 14.1 Å². The second-order valence-corrected chi connectivity index (χ2v) is 5.95. The van der Waals surface area contributed by atoms with Gasteiger partial charge in [-0.1, -0.05) is 72.5 Å². The third-order valence-corrected chi connectivity index (χ3v) is 4.08. The van der Waals surface area contributed by atoms with Gasteiger partial charge < -0.3 is 0 Å². The van der Waals surface area contributed by atoms with E-state index in [4.69, 9.17) is 0 Å². The predicted molar refractivity (Wildman–Crippen MR) is 118 cm³/mol. The summed E-state index contributed by atoms with van der Waals surface area (Å²) in [5, 5.41) is 0. The molecule has 134 valence electrons. The van der Waals surface area contributed by atoms with Crippen molar-refractivity contribution in [2.24, 2.45) is 9.98 Å². The molecule has 0 spiro atoms. The van der Waals surface area contributed by atoms with Crippen molar-refractivity contribution < 1.29 is 0 Å². The van der Waals surface area contributed by atoms with E-state index in [0.29, 0.717) is 0 Å². The molecule has 3 rings (SSSR count). The van der Waals surface area contributed by atoms with Crippen LogP contribution in [-0.4, -0.2) is 25.5 Å². The molecule has 0 saturated heterocycles. The van der Waals surface area contributed by atoms with E-state index in [2.05, 4.69) is 33.7 Å². The van der Waals surface area contributed by atoms with E-state index in [1.165, 1.54) is 0 Å². The Balaban J connectivity index is 1.75. The fourth-order valence-electron chi connectivity index (χ4n) is 2.61. The van der Waals surface area contributed by atoms with Crippen molar-refractivity contribution >= 4 is 11.4 Å². The molecule has 0 bridgehead atoms. The van der Waals surface area contributed by atoms with Crippen LogP contribution in [0.5, 0.6) is 0 Å². The maximum absolute atomic E-state index is 4.29. The Morgan fingerprint density at radius 2 is 0.893 bits per heavy atom. The van der Waals surface area contributed by atoms with Gasteiger partial charge in [-0.25, -0.2) is 0 Å². The minimum atomic E-state index is 0.774. The highest BCUT2D eigenvalue weighted by molar-refractivity contribution is 6.13. The SMILES string of the molecule is CN=C(C#Cc1ccc(C#CC(=NC)c2ccccc2)cc1)c1ccccc1. The molecule has 0 amide bonds. The molecule has 3 aromatic carbocycles. The highest BCUT2D eigenvalue weighted by Crippen LogP contribution is 2.05. The molecule has 0 aliphatic carbocycles. The van der Waals surface area contributed by atoms with Crippen molar-refractivity contribution in [1.82, 2.24) is 0 Å². The Labute approximate surface area is 166 Å². The number of hydrogen-bond donors (Lipinski definition) is 0. The summed E-state index contributed by atoms with van der Waals surface area (Å²) in [6.07, 6.45) is 0. The summed E-state index contributed by atoms with van der Waals surface area (Å²) in [6, 6.07) is 27.8. The molecule has 2 heteroatoms. The molecule has 3 aromatic rings. The number of nitrogens with zero attached hydrogens (tertiary/aromatic N) is 2. The van der Waals surface area contributed by atoms with Gasteiger partial charge in [-0.15, -0.1) is 0 Å². The lowest BCUT2D eigenvalue weighted by Crippen LogP contribution is -1.96. The van der Waals surface area contributed by atoms with Crippen molar-refractivity contribution in [3.8, 4) is 23.7 Å². The average Bonchev–Trinajstić information content (AvgIpc) is 2.77. The van der Waals surface area contributed by atoms with Crippen molar-refractivity contribution in [2.75, 3.05) is 14.1 Å². The fourth-order valence-corrected chi connectivity index (χ4v) is 2.61. The predicted octanol–water partition coefficient (Wildman–Crippen LogP) is 4.63. The minimum Gasteiger partial charge on any atom is -0.279 e. The second kappa shape index (κ2) is 9.72.